The number of nitrogen functional groups attached to an aromatic ring is 1. The zero-order valence-corrected chi connectivity index (χ0v) is 20.6. The maximum absolute atomic E-state index is 15.7. The third kappa shape index (κ3) is 4.44. The number of nitrogens with zero attached hydrogens (tertiary/aromatic N) is 3. The van der Waals surface area contributed by atoms with Crippen molar-refractivity contribution in [3.05, 3.63) is 64.5 Å². The van der Waals surface area contributed by atoms with Gasteiger partial charge in [0.2, 0.25) is 0 Å². The predicted molar refractivity (Wildman–Crippen MR) is 136 cm³/mol. The summed E-state index contributed by atoms with van der Waals surface area (Å²) in [6, 6.07) is 11.2. The summed E-state index contributed by atoms with van der Waals surface area (Å²) >= 11 is 0. The molecule has 0 radical (unpaired) electrons. The van der Waals surface area contributed by atoms with Gasteiger partial charge in [0.05, 0.1) is 0 Å². The zero-order chi connectivity index (χ0) is 24.6. The summed E-state index contributed by atoms with van der Waals surface area (Å²) < 4.78 is 15.7. The summed E-state index contributed by atoms with van der Waals surface area (Å²) in [7, 11) is 0. The molecule has 1 aliphatic heterocycles. The molecule has 2 heterocycles. The number of anilines is 1. The number of nitrogens with one attached hydrogen (secondary N) is 1. The molecule has 1 aliphatic carbocycles. The average Bonchev–Trinajstić information content (AvgIpc) is 3.32. The van der Waals surface area contributed by atoms with Crippen LogP contribution < -0.4 is 5.73 Å². The van der Waals surface area contributed by atoms with Gasteiger partial charge in [0.25, 0.3) is 5.91 Å². The van der Waals surface area contributed by atoms with Crippen LogP contribution in [0.25, 0.3) is 11.4 Å². The number of benzene rings is 2. The molecule has 1 saturated heterocycles. The molecule has 6 nitrogen and oxygen atoms in total. The second kappa shape index (κ2) is 9.44. The summed E-state index contributed by atoms with van der Waals surface area (Å²) in [6.07, 6.45) is 5.64. The number of aromatic amines is 1. The van der Waals surface area contributed by atoms with Gasteiger partial charge >= 0.3 is 0 Å². The molecule has 184 valence electrons. The van der Waals surface area contributed by atoms with Crippen LogP contribution in [-0.4, -0.2) is 39.1 Å². The van der Waals surface area contributed by atoms with Crippen LogP contribution in [0, 0.1) is 0 Å². The molecule has 1 amide bonds. The number of alkyl halides is 1. The summed E-state index contributed by atoms with van der Waals surface area (Å²) in [5.41, 5.74) is 9.52. The molecule has 3 aromatic rings. The number of hydrogen-bond donors (Lipinski definition) is 2. The lowest BCUT2D eigenvalue weighted by Gasteiger charge is -2.37. The van der Waals surface area contributed by atoms with Crippen LogP contribution in [0.4, 0.5) is 10.1 Å². The number of hydrogen-bond acceptors (Lipinski definition) is 4. The molecule has 2 aromatic carbocycles. The van der Waals surface area contributed by atoms with Gasteiger partial charge in [-0.25, -0.2) is 9.37 Å². The molecule has 0 spiro atoms. The van der Waals surface area contributed by atoms with E-state index in [2.05, 4.69) is 28.2 Å². The van der Waals surface area contributed by atoms with Crippen LogP contribution in [0.2, 0.25) is 0 Å². The number of nitrogens with two attached hydrogens (primary N) is 1. The van der Waals surface area contributed by atoms with Crippen molar-refractivity contribution in [3.63, 3.8) is 0 Å². The van der Waals surface area contributed by atoms with Gasteiger partial charge in [-0.2, -0.15) is 5.10 Å². The zero-order valence-electron chi connectivity index (χ0n) is 20.6. The molecule has 3 N–H and O–H groups in total. The Morgan fingerprint density at radius 2 is 1.86 bits per heavy atom. The first-order valence-electron chi connectivity index (χ1n) is 12.8. The number of halogens is 1. The average molecular weight is 476 g/mol. The Morgan fingerprint density at radius 1 is 1.14 bits per heavy atom. The van der Waals surface area contributed by atoms with Gasteiger partial charge in [0, 0.05) is 49.2 Å². The molecular weight excluding hydrogens is 441 g/mol. The Balaban J connectivity index is 1.43. The lowest BCUT2D eigenvalue weighted by molar-refractivity contribution is 0.0421. The van der Waals surface area contributed by atoms with Crippen molar-refractivity contribution in [3.8, 4) is 11.4 Å². The second-order valence-electron chi connectivity index (χ2n) is 9.92. The minimum absolute atomic E-state index is 0.0335. The van der Waals surface area contributed by atoms with Crippen molar-refractivity contribution in [1.82, 2.24) is 20.1 Å². The number of carbonyl (C=O) groups is 1. The van der Waals surface area contributed by atoms with E-state index in [4.69, 9.17) is 5.73 Å². The number of H-pyrrole nitrogens is 1. The van der Waals surface area contributed by atoms with E-state index in [1.807, 2.05) is 13.0 Å². The molecule has 2 aliphatic rings. The van der Waals surface area contributed by atoms with Crippen molar-refractivity contribution in [2.45, 2.75) is 70.4 Å². The molecular formula is C28H34FN5O. The van der Waals surface area contributed by atoms with Crippen LogP contribution in [0.15, 0.2) is 36.4 Å². The monoisotopic (exact) mass is 475 g/mol. The molecule has 2 fully saturated rings. The fraction of sp³-hybridized carbons (Fsp3) is 0.464. The topological polar surface area (TPSA) is 87.9 Å². The predicted octanol–water partition coefficient (Wildman–Crippen LogP) is 5.55. The van der Waals surface area contributed by atoms with E-state index in [1.165, 1.54) is 12.0 Å². The molecule has 0 unspecified atom stereocenters. The molecule has 1 aromatic heterocycles. The Labute approximate surface area is 206 Å². The first-order chi connectivity index (χ1) is 16.9. The fourth-order valence-electron chi connectivity index (χ4n) is 5.28. The Hall–Kier alpha value is -3.22. The molecule has 5 rings (SSSR count). The van der Waals surface area contributed by atoms with E-state index in [-0.39, 0.29) is 18.7 Å². The fourth-order valence-corrected chi connectivity index (χ4v) is 5.28. The van der Waals surface area contributed by atoms with E-state index in [9.17, 15) is 4.79 Å². The standard InChI is InChI=1S/C28H34FN5O/c1-3-18-16-22(19-6-5-7-19)24(26-31-25(4-2)32-33-26)17-23(18)27(35)34-14-12-28(29,13-15-34)20-8-10-21(30)11-9-20/h8-11,16-17,19H,3-7,12-15,30H2,1-2H3,(H,31,32,33). The lowest BCUT2D eigenvalue weighted by Crippen LogP contribution is -2.43. The SMILES string of the molecule is CCc1nc(-c2cc(C(=O)N3CCC(F)(c4ccc(N)cc4)CC3)c(CC)cc2C2CCC2)n[nH]1. The normalized spacial score (nSPS) is 17.9. The van der Waals surface area contributed by atoms with E-state index in [0.717, 1.165) is 42.6 Å². The number of amides is 1. The number of carbonyl (C=O) groups excluding carboxylic acids is 1. The van der Waals surface area contributed by atoms with Crippen LogP contribution in [0.3, 0.4) is 0 Å². The Morgan fingerprint density at radius 3 is 2.43 bits per heavy atom. The van der Waals surface area contributed by atoms with Crippen molar-refractivity contribution < 1.29 is 9.18 Å². The second-order valence-corrected chi connectivity index (χ2v) is 9.92. The number of rotatable bonds is 6. The van der Waals surface area contributed by atoms with E-state index in [1.54, 1.807) is 29.2 Å². The molecule has 1 saturated carbocycles. The maximum atomic E-state index is 15.7. The Bertz CT molecular complexity index is 1210. The van der Waals surface area contributed by atoms with Crippen molar-refractivity contribution in [2.24, 2.45) is 0 Å². The van der Waals surface area contributed by atoms with Crippen LogP contribution in [0.5, 0.6) is 0 Å². The summed E-state index contributed by atoms with van der Waals surface area (Å²) in [6.45, 7) is 4.88. The highest BCUT2D eigenvalue weighted by Gasteiger charge is 2.38. The maximum Gasteiger partial charge on any atom is 0.254 e. The van der Waals surface area contributed by atoms with Crippen LogP contribution in [-0.2, 0) is 18.5 Å². The van der Waals surface area contributed by atoms with Crippen molar-refractivity contribution >= 4 is 11.6 Å². The van der Waals surface area contributed by atoms with Gasteiger partial charge < -0.3 is 10.6 Å². The van der Waals surface area contributed by atoms with Crippen molar-refractivity contribution in [2.75, 3.05) is 18.8 Å². The summed E-state index contributed by atoms with van der Waals surface area (Å²) in [5.74, 6) is 1.95. The van der Waals surface area contributed by atoms with Gasteiger partial charge in [0.15, 0.2) is 5.82 Å². The molecule has 0 bridgehead atoms. The number of likely N-dealkylation sites (tertiary alicyclic amines) is 1. The third-order valence-corrected chi connectivity index (χ3v) is 7.81. The first-order valence-corrected chi connectivity index (χ1v) is 12.8. The van der Waals surface area contributed by atoms with E-state index < -0.39 is 5.67 Å². The van der Waals surface area contributed by atoms with Gasteiger partial charge in [-0.1, -0.05) is 38.5 Å². The lowest BCUT2D eigenvalue weighted by atomic mass is 9.76. The highest BCUT2D eigenvalue weighted by molar-refractivity contribution is 5.97. The minimum atomic E-state index is -1.44. The minimum Gasteiger partial charge on any atom is -0.399 e. The van der Waals surface area contributed by atoms with Crippen LogP contribution in [0.1, 0.15) is 84.7 Å². The van der Waals surface area contributed by atoms with Gasteiger partial charge in [0.1, 0.15) is 11.5 Å². The highest BCUT2D eigenvalue weighted by Crippen LogP contribution is 2.42. The highest BCUT2D eigenvalue weighted by atomic mass is 19.1. The quantitative estimate of drug-likeness (QED) is 0.458. The first kappa shape index (κ1) is 23.5. The third-order valence-electron chi connectivity index (χ3n) is 7.81. The number of piperidine rings is 1. The van der Waals surface area contributed by atoms with Gasteiger partial charge in [-0.15, -0.1) is 0 Å². The number of aryl methyl sites for hydroxylation is 2. The molecule has 7 heteroatoms. The van der Waals surface area contributed by atoms with E-state index in [0.29, 0.717) is 41.6 Å². The van der Waals surface area contributed by atoms with Gasteiger partial charge in [-0.05, 0) is 60.1 Å². The largest absolute Gasteiger partial charge is 0.399 e. The summed E-state index contributed by atoms with van der Waals surface area (Å²) in [5, 5.41) is 7.49. The van der Waals surface area contributed by atoms with Crippen LogP contribution >= 0.6 is 0 Å². The number of aromatic nitrogens is 3. The molecule has 0 atom stereocenters. The summed E-state index contributed by atoms with van der Waals surface area (Å²) in [4.78, 5) is 20.2. The van der Waals surface area contributed by atoms with E-state index >= 15 is 4.39 Å². The van der Waals surface area contributed by atoms with Gasteiger partial charge in [-0.3, -0.25) is 9.89 Å². The Kier molecular flexibility index (Phi) is 6.34. The van der Waals surface area contributed by atoms with Crippen molar-refractivity contribution in [1.29, 1.82) is 0 Å². The smallest absolute Gasteiger partial charge is 0.254 e. The molecule has 35 heavy (non-hydrogen) atoms.